The van der Waals surface area contributed by atoms with Crippen molar-refractivity contribution >= 4 is 5.69 Å². The van der Waals surface area contributed by atoms with Crippen molar-refractivity contribution in [3.8, 4) is 12.3 Å². The van der Waals surface area contributed by atoms with Crippen LogP contribution in [-0.2, 0) is 0 Å². The molecule has 0 saturated heterocycles. The summed E-state index contributed by atoms with van der Waals surface area (Å²) in [5.74, 6) is 2.51. The van der Waals surface area contributed by atoms with Gasteiger partial charge in [-0.05, 0) is 12.0 Å². The van der Waals surface area contributed by atoms with Crippen LogP contribution in [0.5, 0.6) is 0 Å². The van der Waals surface area contributed by atoms with Crippen molar-refractivity contribution in [2.45, 2.75) is 19.8 Å². The molecular weight excluding hydrogens is 178 g/mol. The van der Waals surface area contributed by atoms with Crippen molar-refractivity contribution in [1.82, 2.24) is 0 Å². The van der Waals surface area contributed by atoms with Gasteiger partial charge in [-0.1, -0.05) is 25.8 Å². The van der Waals surface area contributed by atoms with E-state index in [-0.39, 0.29) is 11.6 Å². The van der Waals surface area contributed by atoms with Crippen LogP contribution in [0.2, 0.25) is 0 Å². The predicted octanol–water partition coefficient (Wildman–Crippen LogP) is 2.70. The maximum absolute atomic E-state index is 10.7. The molecule has 72 valence electrons. The fourth-order valence-corrected chi connectivity index (χ4v) is 1.28. The van der Waals surface area contributed by atoms with E-state index in [9.17, 15) is 10.1 Å². The van der Waals surface area contributed by atoms with Crippen LogP contribution < -0.4 is 0 Å². The van der Waals surface area contributed by atoms with Crippen LogP contribution in [0.3, 0.4) is 0 Å². The summed E-state index contributed by atoms with van der Waals surface area (Å²) in [4.78, 5) is 10.3. The van der Waals surface area contributed by atoms with Gasteiger partial charge in [0.15, 0.2) is 0 Å². The van der Waals surface area contributed by atoms with Gasteiger partial charge >= 0.3 is 0 Å². The summed E-state index contributed by atoms with van der Waals surface area (Å²) < 4.78 is 0. The highest BCUT2D eigenvalue weighted by molar-refractivity contribution is 5.49. The van der Waals surface area contributed by atoms with E-state index in [0.717, 1.165) is 0 Å². The van der Waals surface area contributed by atoms with E-state index in [1.54, 1.807) is 12.1 Å². The van der Waals surface area contributed by atoms with E-state index in [1.807, 2.05) is 13.8 Å². The maximum Gasteiger partial charge on any atom is 0.274 e. The van der Waals surface area contributed by atoms with Gasteiger partial charge in [-0.3, -0.25) is 10.1 Å². The van der Waals surface area contributed by atoms with Gasteiger partial charge in [-0.2, -0.15) is 0 Å². The SMILES string of the molecule is C#Cc1ccc(C(C)C)c([N+](=O)[O-])c1. The molecule has 1 aromatic rings. The minimum Gasteiger partial charge on any atom is -0.258 e. The van der Waals surface area contributed by atoms with E-state index in [4.69, 9.17) is 6.42 Å². The molecule has 0 saturated carbocycles. The minimum absolute atomic E-state index is 0.107. The van der Waals surface area contributed by atoms with Crippen molar-refractivity contribution in [2.24, 2.45) is 0 Å². The number of rotatable bonds is 2. The summed E-state index contributed by atoms with van der Waals surface area (Å²) in [6, 6.07) is 4.88. The summed E-state index contributed by atoms with van der Waals surface area (Å²) in [6.07, 6.45) is 5.17. The second kappa shape index (κ2) is 3.93. The fraction of sp³-hybridized carbons (Fsp3) is 0.273. The van der Waals surface area contributed by atoms with Crippen molar-refractivity contribution in [2.75, 3.05) is 0 Å². The predicted molar refractivity (Wildman–Crippen MR) is 55.1 cm³/mol. The monoisotopic (exact) mass is 189 g/mol. The van der Waals surface area contributed by atoms with Crippen LogP contribution in [0.4, 0.5) is 5.69 Å². The molecule has 0 aliphatic heterocycles. The zero-order valence-electron chi connectivity index (χ0n) is 8.15. The molecule has 0 aliphatic carbocycles. The van der Waals surface area contributed by atoms with Crippen LogP contribution in [0, 0.1) is 22.5 Å². The Morgan fingerprint density at radius 3 is 2.57 bits per heavy atom. The molecule has 0 atom stereocenters. The molecule has 0 N–H and O–H groups in total. The van der Waals surface area contributed by atoms with Crippen LogP contribution in [0.1, 0.15) is 30.9 Å². The molecule has 0 unspecified atom stereocenters. The molecule has 0 aliphatic rings. The smallest absolute Gasteiger partial charge is 0.258 e. The lowest BCUT2D eigenvalue weighted by Gasteiger charge is -2.06. The zero-order chi connectivity index (χ0) is 10.7. The van der Waals surface area contributed by atoms with Gasteiger partial charge in [-0.25, -0.2) is 0 Å². The molecule has 14 heavy (non-hydrogen) atoms. The first-order valence-corrected chi connectivity index (χ1v) is 4.31. The lowest BCUT2D eigenvalue weighted by atomic mass is 9.99. The Bertz CT molecular complexity index is 402. The number of hydrogen-bond donors (Lipinski definition) is 0. The van der Waals surface area contributed by atoms with Crippen molar-refractivity contribution in [3.05, 3.63) is 39.4 Å². The quantitative estimate of drug-likeness (QED) is 0.408. The number of nitro groups is 1. The lowest BCUT2D eigenvalue weighted by Crippen LogP contribution is -1.97. The summed E-state index contributed by atoms with van der Waals surface area (Å²) >= 11 is 0. The second-order valence-corrected chi connectivity index (χ2v) is 3.33. The largest absolute Gasteiger partial charge is 0.274 e. The van der Waals surface area contributed by atoms with Crippen molar-refractivity contribution < 1.29 is 4.92 Å². The van der Waals surface area contributed by atoms with Gasteiger partial charge < -0.3 is 0 Å². The molecular formula is C11H11NO2. The first kappa shape index (κ1) is 10.3. The van der Waals surface area contributed by atoms with E-state index >= 15 is 0 Å². The van der Waals surface area contributed by atoms with Gasteiger partial charge in [0.25, 0.3) is 5.69 Å². The normalized spacial score (nSPS) is 9.86. The third kappa shape index (κ3) is 1.91. The average molecular weight is 189 g/mol. The Balaban J connectivity index is 3.33. The summed E-state index contributed by atoms with van der Waals surface area (Å²) in [6.45, 7) is 3.83. The van der Waals surface area contributed by atoms with Crippen molar-refractivity contribution in [1.29, 1.82) is 0 Å². The molecule has 0 fully saturated rings. The minimum atomic E-state index is -0.393. The van der Waals surface area contributed by atoms with Gasteiger partial charge in [0, 0.05) is 17.2 Å². The molecule has 0 bridgehead atoms. The average Bonchev–Trinajstić information content (AvgIpc) is 2.16. The molecule has 0 heterocycles. The summed E-state index contributed by atoms with van der Waals surface area (Å²) in [7, 11) is 0. The maximum atomic E-state index is 10.7. The number of hydrogen-bond acceptors (Lipinski definition) is 2. The van der Waals surface area contributed by atoms with Crippen LogP contribution in [-0.4, -0.2) is 4.92 Å². The number of nitro benzene ring substituents is 1. The highest BCUT2D eigenvalue weighted by atomic mass is 16.6. The van der Waals surface area contributed by atoms with Gasteiger partial charge in [0.2, 0.25) is 0 Å². The molecule has 1 rings (SSSR count). The lowest BCUT2D eigenvalue weighted by molar-refractivity contribution is -0.385. The van der Waals surface area contributed by atoms with Gasteiger partial charge in [0.1, 0.15) is 0 Å². The Kier molecular flexibility index (Phi) is 2.88. The summed E-state index contributed by atoms with van der Waals surface area (Å²) in [5.41, 5.74) is 1.37. The first-order valence-electron chi connectivity index (χ1n) is 4.31. The standard InChI is InChI=1S/C11H11NO2/c1-4-9-5-6-10(8(2)3)11(7-9)12(13)14/h1,5-8H,2-3H3. The van der Waals surface area contributed by atoms with Gasteiger partial charge in [-0.15, -0.1) is 6.42 Å². The van der Waals surface area contributed by atoms with E-state index in [1.165, 1.54) is 6.07 Å². The molecule has 3 heteroatoms. The topological polar surface area (TPSA) is 43.1 Å². The molecule has 1 aromatic carbocycles. The molecule has 0 amide bonds. The van der Waals surface area contributed by atoms with E-state index in [0.29, 0.717) is 11.1 Å². The third-order valence-electron chi connectivity index (χ3n) is 2.02. The Labute approximate surface area is 82.9 Å². The molecule has 0 spiro atoms. The third-order valence-corrected chi connectivity index (χ3v) is 2.02. The Hall–Kier alpha value is -1.82. The Morgan fingerprint density at radius 2 is 2.14 bits per heavy atom. The number of benzene rings is 1. The number of terminal acetylenes is 1. The van der Waals surface area contributed by atoms with E-state index < -0.39 is 4.92 Å². The van der Waals surface area contributed by atoms with Crippen LogP contribution in [0.25, 0.3) is 0 Å². The van der Waals surface area contributed by atoms with Crippen LogP contribution >= 0.6 is 0 Å². The number of nitrogens with zero attached hydrogens (tertiary/aromatic N) is 1. The Morgan fingerprint density at radius 1 is 1.50 bits per heavy atom. The molecule has 0 aromatic heterocycles. The zero-order valence-corrected chi connectivity index (χ0v) is 8.15. The van der Waals surface area contributed by atoms with E-state index in [2.05, 4.69) is 5.92 Å². The van der Waals surface area contributed by atoms with Crippen LogP contribution in [0.15, 0.2) is 18.2 Å². The van der Waals surface area contributed by atoms with Crippen molar-refractivity contribution in [3.63, 3.8) is 0 Å². The van der Waals surface area contributed by atoms with Gasteiger partial charge in [0.05, 0.1) is 4.92 Å². The molecule has 0 radical (unpaired) electrons. The highest BCUT2D eigenvalue weighted by Crippen LogP contribution is 2.26. The molecule has 3 nitrogen and oxygen atoms in total. The second-order valence-electron chi connectivity index (χ2n) is 3.33. The first-order chi connectivity index (χ1) is 6.56. The highest BCUT2D eigenvalue weighted by Gasteiger charge is 2.16. The fourth-order valence-electron chi connectivity index (χ4n) is 1.28. The summed E-state index contributed by atoms with van der Waals surface area (Å²) in [5, 5.41) is 10.7.